The highest BCUT2D eigenvalue weighted by Gasteiger charge is 2.14. The van der Waals surface area contributed by atoms with E-state index in [1.807, 2.05) is 19.0 Å². The minimum atomic E-state index is -3.48. The Labute approximate surface area is 125 Å². The van der Waals surface area contributed by atoms with Gasteiger partial charge in [-0.1, -0.05) is 0 Å². The molecule has 0 bridgehead atoms. The highest BCUT2D eigenvalue weighted by atomic mass is 32.2. The van der Waals surface area contributed by atoms with Gasteiger partial charge in [-0.15, -0.1) is 0 Å². The third kappa shape index (κ3) is 5.33. The van der Waals surface area contributed by atoms with E-state index in [-0.39, 0.29) is 11.4 Å². The topological polar surface area (TPSA) is 90.0 Å². The second-order valence-corrected chi connectivity index (χ2v) is 6.71. The van der Waals surface area contributed by atoms with Crippen molar-refractivity contribution in [2.24, 2.45) is 0 Å². The molecule has 118 valence electrons. The van der Waals surface area contributed by atoms with E-state index in [4.69, 9.17) is 5.11 Å². The SMILES string of the molecule is CNS(=O)(=O)c1ccc(N(CCN(C)C)CC(=O)O)cc1. The second kappa shape index (κ2) is 7.39. The van der Waals surface area contributed by atoms with Gasteiger partial charge in [0.1, 0.15) is 6.54 Å². The Hall–Kier alpha value is -1.64. The predicted octanol–water partition coefficient (Wildman–Crippen LogP) is 0.0473. The highest BCUT2D eigenvalue weighted by molar-refractivity contribution is 7.89. The summed E-state index contributed by atoms with van der Waals surface area (Å²) in [6, 6.07) is 6.16. The molecule has 21 heavy (non-hydrogen) atoms. The molecule has 1 aromatic rings. The molecule has 0 atom stereocenters. The van der Waals surface area contributed by atoms with E-state index in [1.54, 1.807) is 17.0 Å². The fourth-order valence-corrected chi connectivity index (χ4v) is 2.47. The van der Waals surface area contributed by atoms with Crippen LogP contribution in [0.5, 0.6) is 0 Å². The number of nitrogens with zero attached hydrogens (tertiary/aromatic N) is 2. The van der Waals surface area contributed by atoms with Crippen molar-refractivity contribution >= 4 is 21.7 Å². The van der Waals surface area contributed by atoms with E-state index in [9.17, 15) is 13.2 Å². The lowest BCUT2D eigenvalue weighted by Gasteiger charge is -2.24. The first-order valence-corrected chi connectivity index (χ1v) is 7.89. The molecular weight excluding hydrogens is 294 g/mol. The summed E-state index contributed by atoms with van der Waals surface area (Å²) in [5.74, 6) is -0.930. The van der Waals surface area contributed by atoms with Gasteiger partial charge in [-0.3, -0.25) is 4.79 Å². The van der Waals surface area contributed by atoms with Crippen LogP contribution in [0.25, 0.3) is 0 Å². The average molecular weight is 315 g/mol. The van der Waals surface area contributed by atoms with Crippen LogP contribution in [0.1, 0.15) is 0 Å². The predicted molar refractivity (Wildman–Crippen MR) is 81.1 cm³/mol. The van der Waals surface area contributed by atoms with E-state index in [0.717, 1.165) is 0 Å². The Morgan fingerprint density at radius 1 is 1.19 bits per heavy atom. The average Bonchev–Trinajstić information content (AvgIpc) is 2.43. The van der Waals surface area contributed by atoms with Crippen LogP contribution < -0.4 is 9.62 Å². The maximum atomic E-state index is 11.6. The molecular formula is C13H21N3O4S. The van der Waals surface area contributed by atoms with E-state index >= 15 is 0 Å². The van der Waals surface area contributed by atoms with Crippen LogP contribution in [0.4, 0.5) is 5.69 Å². The molecule has 0 radical (unpaired) electrons. The number of benzene rings is 1. The van der Waals surface area contributed by atoms with Gasteiger partial charge in [0.05, 0.1) is 4.90 Å². The number of carbonyl (C=O) groups is 1. The van der Waals surface area contributed by atoms with Crippen LogP contribution >= 0.6 is 0 Å². The zero-order valence-electron chi connectivity index (χ0n) is 12.4. The summed E-state index contributed by atoms with van der Waals surface area (Å²) in [6.45, 7) is 1.10. The molecule has 0 aromatic heterocycles. The van der Waals surface area contributed by atoms with E-state index in [0.29, 0.717) is 18.8 Å². The molecule has 0 aliphatic carbocycles. The number of hydrogen-bond acceptors (Lipinski definition) is 5. The number of nitrogens with one attached hydrogen (secondary N) is 1. The quantitative estimate of drug-likeness (QED) is 0.704. The lowest BCUT2D eigenvalue weighted by atomic mass is 10.3. The van der Waals surface area contributed by atoms with Crippen molar-refractivity contribution in [1.82, 2.24) is 9.62 Å². The molecule has 0 aliphatic rings. The number of likely N-dealkylation sites (N-methyl/N-ethyl adjacent to an activating group) is 1. The summed E-state index contributed by atoms with van der Waals surface area (Å²) in [6.07, 6.45) is 0. The second-order valence-electron chi connectivity index (χ2n) is 4.82. The lowest BCUT2D eigenvalue weighted by molar-refractivity contribution is -0.135. The Bertz CT molecular complexity index is 570. The van der Waals surface area contributed by atoms with Crippen molar-refractivity contribution < 1.29 is 18.3 Å². The Kier molecular flexibility index (Phi) is 6.13. The van der Waals surface area contributed by atoms with Gasteiger partial charge in [0, 0.05) is 18.8 Å². The summed E-state index contributed by atoms with van der Waals surface area (Å²) in [5, 5.41) is 8.97. The molecule has 8 heteroatoms. The van der Waals surface area contributed by atoms with Crippen molar-refractivity contribution in [2.45, 2.75) is 4.90 Å². The van der Waals surface area contributed by atoms with Gasteiger partial charge < -0.3 is 14.9 Å². The summed E-state index contributed by atoms with van der Waals surface area (Å²) in [5.41, 5.74) is 0.675. The number of aliphatic carboxylic acids is 1. The first kappa shape index (κ1) is 17.4. The van der Waals surface area contributed by atoms with Crippen LogP contribution in [-0.2, 0) is 14.8 Å². The molecule has 0 heterocycles. The van der Waals surface area contributed by atoms with Gasteiger partial charge in [-0.25, -0.2) is 13.1 Å². The van der Waals surface area contributed by atoms with Gasteiger partial charge in [0.25, 0.3) is 0 Å². The minimum Gasteiger partial charge on any atom is -0.480 e. The van der Waals surface area contributed by atoms with Crippen molar-refractivity contribution in [1.29, 1.82) is 0 Å². The molecule has 0 aliphatic heterocycles. The van der Waals surface area contributed by atoms with Gasteiger partial charge in [-0.05, 0) is 45.4 Å². The van der Waals surface area contributed by atoms with Crippen molar-refractivity contribution in [2.75, 3.05) is 45.7 Å². The summed E-state index contributed by atoms with van der Waals surface area (Å²) < 4.78 is 25.5. The maximum Gasteiger partial charge on any atom is 0.323 e. The molecule has 0 spiro atoms. The summed E-state index contributed by atoms with van der Waals surface area (Å²) in [7, 11) is 1.67. The molecule has 0 saturated heterocycles. The van der Waals surface area contributed by atoms with Crippen molar-refractivity contribution in [3.05, 3.63) is 24.3 Å². The maximum absolute atomic E-state index is 11.6. The Morgan fingerprint density at radius 2 is 1.76 bits per heavy atom. The number of carboxylic acid groups (broad SMARTS) is 1. The Balaban J connectivity index is 2.95. The molecule has 0 amide bonds. The zero-order valence-corrected chi connectivity index (χ0v) is 13.2. The smallest absolute Gasteiger partial charge is 0.323 e. The van der Waals surface area contributed by atoms with Gasteiger partial charge >= 0.3 is 5.97 Å². The van der Waals surface area contributed by atoms with Gasteiger partial charge in [0.15, 0.2) is 0 Å². The summed E-state index contributed by atoms with van der Waals surface area (Å²) in [4.78, 5) is 14.7. The normalized spacial score (nSPS) is 11.6. The van der Waals surface area contributed by atoms with Gasteiger partial charge in [0.2, 0.25) is 10.0 Å². The van der Waals surface area contributed by atoms with Crippen LogP contribution in [0, 0.1) is 0 Å². The highest BCUT2D eigenvalue weighted by Crippen LogP contribution is 2.17. The molecule has 7 nitrogen and oxygen atoms in total. The number of anilines is 1. The number of sulfonamides is 1. The van der Waals surface area contributed by atoms with E-state index in [2.05, 4.69) is 4.72 Å². The number of carboxylic acids is 1. The number of hydrogen-bond donors (Lipinski definition) is 2. The van der Waals surface area contributed by atoms with Crippen molar-refractivity contribution in [3.63, 3.8) is 0 Å². The first-order chi connectivity index (χ1) is 9.76. The molecule has 0 unspecified atom stereocenters. The fourth-order valence-electron chi connectivity index (χ4n) is 1.74. The third-order valence-corrected chi connectivity index (χ3v) is 4.35. The summed E-state index contributed by atoms with van der Waals surface area (Å²) >= 11 is 0. The van der Waals surface area contributed by atoms with Gasteiger partial charge in [-0.2, -0.15) is 0 Å². The van der Waals surface area contributed by atoms with Crippen LogP contribution in [0.15, 0.2) is 29.2 Å². The van der Waals surface area contributed by atoms with Crippen molar-refractivity contribution in [3.8, 4) is 0 Å². The zero-order chi connectivity index (χ0) is 16.0. The standard InChI is InChI=1S/C13H21N3O4S/c1-14-21(19,20)12-6-4-11(5-7-12)16(10-13(17)18)9-8-15(2)3/h4-7,14H,8-10H2,1-3H3,(H,17,18). The number of rotatable bonds is 8. The molecule has 1 aromatic carbocycles. The Morgan fingerprint density at radius 3 is 2.19 bits per heavy atom. The van der Waals surface area contributed by atoms with Crippen LogP contribution in [0.2, 0.25) is 0 Å². The van der Waals surface area contributed by atoms with E-state index in [1.165, 1.54) is 19.2 Å². The van der Waals surface area contributed by atoms with Crippen LogP contribution in [-0.4, -0.2) is 65.2 Å². The molecule has 1 rings (SSSR count). The van der Waals surface area contributed by atoms with Crippen LogP contribution in [0.3, 0.4) is 0 Å². The largest absolute Gasteiger partial charge is 0.480 e. The first-order valence-electron chi connectivity index (χ1n) is 6.41. The monoisotopic (exact) mass is 315 g/mol. The molecule has 2 N–H and O–H groups in total. The molecule has 0 saturated carbocycles. The fraction of sp³-hybridized carbons (Fsp3) is 0.462. The lowest BCUT2D eigenvalue weighted by Crippen LogP contribution is -2.35. The minimum absolute atomic E-state index is 0.133. The third-order valence-electron chi connectivity index (χ3n) is 2.92. The van der Waals surface area contributed by atoms with E-state index < -0.39 is 16.0 Å². The molecule has 0 fully saturated rings.